The number of hydrogen-bond acceptors (Lipinski definition) is 2. The van der Waals surface area contributed by atoms with Crippen molar-refractivity contribution in [1.82, 2.24) is 4.90 Å². The number of β-amino-alcohol motifs (C(OH)–C–C–N with tert-alkyl or cyclic N) is 1. The highest BCUT2D eigenvalue weighted by Gasteiger charge is 2.31. The number of rotatable bonds is 3. The minimum absolute atomic E-state index is 0.396. The minimum atomic E-state index is -0.396. The van der Waals surface area contributed by atoms with E-state index in [1.807, 2.05) is 0 Å². The predicted molar refractivity (Wildman–Crippen MR) is 55.8 cm³/mol. The Hall–Kier alpha value is -0.0800. The van der Waals surface area contributed by atoms with Crippen molar-refractivity contribution in [1.29, 1.82) is 0 Å². The van der Waals surface area contributed by atoms with Crippen LogP contribution in [0, 0.1) is 5.92 Å². The lowest BCUT2D eigenvalue weighted by atomic mass is 9.90. The van der Waals surface area contributed by atoms with Crippen molar-refractivity contribution in [2.24, 2.45) is 5.92 Å². The molecule has 0 aromatic carbocycles. The van der Waals surface area contributed by atoms with Crippen LogP contribution >= 0.6 is 0 Å². The van der Waals surface area contributed by atoms with Gasteiger partial charge in [-0.1, -0.05) is 20.8 Å². The molecule has 1 aliphatic rings. The predicted octanol–water partition coefficient (Wildman–Crippen LogP) is 1.88. The zero-order valence-electron chi connectivity index (χ0n) is 9.21. The highest BCUT2D eigenvalue weighted by atomic mass is 16.3. The van der Waals surface area contributed by atoms with E-state index < -0.39 is 5.60 Å². The van der Waals surface area contributed by atoms with Crippen molar-refractivity contribution in [3.05, 3.63) is 0 Å². The Bertz CT molecular complexity index is 158. The molecular weight excluding hydrogens is 162 g/mol. The van der Waals surface area contributed by atoms with Gasteiger partial charge in [-0.15, -0.1) is 0 Å². The van der Waals surface area contributed by atoms with Crippen molar-refractivity contribution in [2.75, 3.05) is 19.6 Å². The molecule has 0 amide bonds. The normalized spacial score (nSPS) is 31.2. The fraction of sp³-hybridized carbons (Fsp3) is 1.00. The van der Waals surface area contributed by atoms with Crippen LogP contribution in [-0.4, -0.2) is 35.2 Å². The van der Waals surface area contributed by atoms with E-state index in [4.69, 9.17) is 0 Å². The van der Waals surface area contributed by atoms with Crippen LogP contribution in [0.4, 0.5) is 0 Å². The van der Waals surface area contributed by atoms with Crippen LogP contribution in [0.25, 0.3) is 0 Å². The summed E-state index contributed by atoms with van der Waals surface area (Å²) in [4.78, 5) is 2.40. The summed E-state index contributed by atoms with van der Waals surface area (Å²) < 4.78 is 0. The van der Waals surface area contributed by atoms with Gasteiger partial charge in [0.05, 0.1) is 5.60 Å². The van der Waals surface area contributed by atoms with Crippen molar-refractivity contribution in [3.8, 4) is 0 Å². The molecular formula is C11H23NO. The summed E-state index contributed by atoms with van der Waals surface area (Å²) in [6.45, 7) is 9.72. The molecule has 1 N–H and O–H groups in total. The molecule has 2 heteroatoms. The monoisotopic (exact) mass is 185 g/mol. The van der Waals surface area contributed by atoms with Gasteiger partial charge in [-0.05, 0) is 31.7 Å². The zero-order chi connectivity index (χ0) is 9.90. The highest BCUT2D eigenvalue weighted by molar-refractivity contribution is 4.85. The summed E-state index contributed by atoms with van der Waals surface area (Å²) in [5, 5.41) is 10.1. The van der Waals surface area contributed by atoms with Crippen LogP contribution in [-0.2, 0) is 0 Å². The Morgan fingerprint density at radius 1 is 1.46 bits per heavy atom. The van der Waals surface area contributed by atoms with Crippen LogP contribution in [0.5, 0.6) is 0 Å². The maximum absolute atomic E-state index is 10.1. The van der Waals surface area contributed by atoms with Crippen LogP contribution in [0.2, 0.25) is 0 Å². The summed E-state index contributed by atoms with van der Waals surface area (Å²) in [7, 11) is 0. The van der Waals surface area contributed by atoms with E-state index in [1.165, 1.54) is 6.54 Å². The average molecular weight is 185 g/mol. The van der Waals surface area contributed by atoms with E-state index >= 15 is 0 Å². The molecule has 1 heterocycles. The van der Waals surface area contributed by atoms with Crippen molar-refractivity contribution in [3.63, 3.8) is 0 Å². The third kappa shape index (κ3) is 3.28. The SMILES string of the molecule is CCC1(O)CCCN(CC(C)C)C1. The van der Waals surface area contributed by atoms with E-state index in [0.29, 0.717) is 5.92 Å². The Balaban J connectivity index is 2.42. The fourth-order valence-electron chi connectivity index (χ4n) is 2.17. The van der Waals surface area contributed by atoms with E-state index in [1.54, 1.807) is 0 Å². The first-order valence-electron chi connectivity index (χ1n) is 5.50. The van der Waals surface area contributed by atoms with Crippen LogP contribution < -0.4 is 0 Å². The first kappa shape index (κ1) is 11.0. The first-order valence-corrected chi connectivity index (χ1v) is 5.50. The lowest BCUT2D eigenvalue weighted by Crippen LogP contribution is -2.48. The second-order valence-corrected chi connectivity index (χ2v) is 4.81. The van der Waals surface area contributed by atoms with Gasteiger partial charge in [-0.25, -0.2) is 0 Å². The van der Waals surface area contributed by atoms with Gasteiger partial charge in [0.1, 0.15) is 0 Å². The van der Waals surface area contributed by atoms with Gasteiger partial charge in [-0.2, -0.15) is 0 Å². The lowest BCUT2D eigenvalue weighted by molar-refractivity contribution is -0.0359. The number of likely N-dealkylation sites (tertiary alicyclic amines) is 1. The number of hydrogen-bond donors (Lipinski definition) is 1. The van der Waals surface area contributed by atoms with Crippen molar-refractivity contribution >= 4 is 0 Å². The molecule has 1 aliphatic heterocycles. The van der Waals surface area contributed by atoms with Gasteiger partial charge in [0.2, 0.25) is 0 Å². The van der Waals surface area contributed by atoms with Gasteiger partial charge >= 0.3 is 0 Å². The molecule has 0 saturated carbocycles. The molecule has 1 atom stereocenters. The summed E-state index contributed by atoms with van der Waals surface area (Å²) in [6, 6.07) is 0. The number of nitrogens with zero attached hydrogens (tertiary/aromatic N) is 1. The van der Waals surface area contributed by atoms with Gasteiger partial charge in [0.25, 0.3) is 0 Å². The zero-order valence-corrected chi connectivity index (χ0v) is 9.21. The smallest absolute Gasteiger partial charge is 0.0771 e. The second-order valence-electron chi connectivity index (χ2n) is 4.81. The van der Waals surface area contributed by atoms with Gasteiger partial charge < -0.3 is 10.0 Å². The van der Waals surface area contributed by atoms with E-state index in [0.717, 1.165) is 32.4 Å². The van der Waals surface area contributed by atoms with E-state index in [-0.39, 0.29) is 0 Å². The standard InChI is InChI=1S/C11H23NO/c1-4-11(13)6-5-7-12(9-11)8-10(2)3/h10,13H,4-9H2,1-3H3. The third-order valence-corrected chi connectivity index (χ3v) is 2.92. The van der Waals surface area contributed by atoms with Crippen molar-refractivity contribution in [2.45, 2.75) is 45.6 Å². The maximum Gasteiger partial charge on any atom is 0.0771 e. The maximum atomic E-state index is 10.1. The molecule has 0 radical (unpaired) electrons. The molecule has 1 rings (SSSR count). The van der Waals surface area contributed by atoms with E-state index in [9.17, 15) is 5.11 Å². The Morgan fingerprint density at radius 2 is 2.15 bits per heavy atom. The molecule has 1 fully saturated rings. The number of aliphatic hydroxyl groups is 1. The highest BCUT2D eigenvalue weighted by Crippen LogP contribution is 2.24. The number of piperidine rings is 1. The van der Waals surface area contributed by atoms with Crippen LogP contribution in [0.15, 0.2) is 0 Å². The third-order valence-electron chi connectivity index (χ3n) is 2.92. The minimum Gasteiger partial charge on any atom is -0.389 e. The topological polar surface area (TPSA) is 23.5 Å². The average Bonchev–Trinajstić information content (AvgIpc) is 2.03. The molecule has 0 aliphatic carbocycles. The molecule has 1 unspecified atom stereocenters. The van der Waals surface area contributed by atoms with Crippen LogP contribution in [0.3, 0.4) is 0 Å². The van der Waals surface area contributed by atoms with Gasteiger partial charge in [0.15, 0.2) is 0 Å². The lowest BCUT2D eigenvalue weighted by Gasteiger charge is -2.39. The largest absolute Gasteiger partial charge is 0.389 e. The summed E-state index contributed by atoms with van der Waals surface area (Å²) in [5.74, 6) is 0.708. The van der Waals surface area contributed by atoms with Gasteiger partial charge in [0, 0.05) is 13.1 Å². The molecule has 2 nitrogen and oxygen atoms in total. The first-order chi connectivity index (χ1) is 6.06. The summed E-state index contributed by atoms with van der Waals surface area (Å²) in [5.41, 5.74) is -0.396. The van der Waals surface area contributed by atoms with Crippen molar-refractivity contribution < 1.29 is 5.11 Å². The molecule has 0 aromatic rings. The molecule has 0 aromatic heterocycles. The van der Waals surface area contributed by atoms with E-state index in [2.05, 4.69) is 25.7 Å². The molecule has 78 valence electrons. The Kier molecular flexibility index (Phi) is 3.74. The summed E-state index contributed by atoms with van der Waals surface area (Å²) in [6.07, 6.45) is 3.02. The van der Waals surface area contributed by atoms with Gasteiger partial charge in [-0.3, -0.25) is 0 Å². The Morgan fingerprint density at radius 3 is 2.69 bits per heavy atom. The molecule has 1 saturated heterocycles. The molecule has 0 bridgehead atoms. The van der Waals surface area contributed by atoms with Crippen LogP contribution in [0.1, 0.15) is 40.0 Å². The fourth-order valence-corrected chi connectivity index (χ4v) is 2.17. The summed E-state index contributed by atoms with van der Waals surface area (Å²) >= 11 is 0. The second kappa shape index (κ2) is 4.43. The molecule has 13 heavy (non-hydrogen) atoms. The molecule has 0 spiro atoms. The quantitative estimate of drug-likeness (QED) is 0.725. The Labute approximate surface area is 81.9 Å².